The van der Waals surface area contributed by atoms with Crippen LogP contribution in [0.1, 0.15) is 5.56 Å². The average Bonchev–Trinajstić information content (AvgIpc) is 3.44. The normalized spacial score (nSPS) is 28.1. The first-order chi connectivity index (χ1) is 34.7. The van der Waals surface area contributed by atoms with Crippen molar-refractivity contribution in [2.75, 3.05) is 12.5 Å². The van der Waals surface area contributed by atoms with Gasteiger partial charge in [-0.25, -0.2) is 0 Å². The molecule has 4 aliphatic heterocycles. The fraction of sp³-hybridized carbons (Fsp3) is 0.0588. The lowest BCUT2D eigenvalue weighted by Gasteiger charge is -2.55. The zero-order valence-electron chi connectivity index (χ0n) is 38.2. The minimum atomic E-state index is -5.00. The van der Waals surface area contributed by atoms with E-state index in [1.165, 1.54) is 0 Å². The fourth-order valence-electron chi connectivity index (χ4n) is 8.75. The van der Waals surface area contributed by atoms with Crippen LogP contribution in [0, 0.1) is 0 Å². The van der Waals surface area contributed by atoms with E-state index >= 15 is 0 Å². The number of benzene rings is 8. The summed E-state index contributed by atoms with van der Waals surface area (Å²) in [6.07, 6.45) is -0.559. The van der Waals surface area contributed by atoms with Gasteiger partial charge in [0.1, 0.15) is 0 Å². The lowest BCUT2D eigenvalue weighted by atomic mass is 10.2. The molecule has 0 aromatic heterocycles. The third kappa shape index (κ3) is 10.1. The van der Waals surface area contributed by atoms with Crippen LogP contribution in [0.5, 0.6) is 0 Å². The standard InChI is InChI=1S/C51H48O12Si8/c52-68(48-33-17-5-18-34-48)55-43-67(47-31-15-4-16-32-47)56-64(45-27-11-2-12-28-45)54-42-66(59-68,41-44-25-9-1-10-26-44)60-70(50-37-21-7-22-38-50)57-65(46-29-13-3-14-30-46)58-71(61-67,51-39-23-8-24-40-51)63-69(53,62-70)49-35-19-6-20-36-49/h1-40,52-53H,41-43H2/q-2. The van der Waals surface area contributed by atoms with E-state index in [1.54, 1.807) is 24.3 Å². The molecule has 0 aliphatic carbocycles. The molecule has 6 unspecified atom stereocenters. The molecule has 0 saturated carbocycles. The number of hydrogen-bond donors (Lipinski definition) is 2. The summed E-state index contributed by atoms with van der Waals surface area (Å²) >= 11 is 0. The molecule has 4 bridgehead atoms. The van der Waals surface area contributed by atoms with Crippen molar-refractivity contribution in [1.82, 2.24) is 0 Å². The molecule has 0 radical (unpaired) electrons. The van der Waals surface area contributed by atoms with E-state index in [0.29, 0.717) is 31.1 Å². The van der Waals surface area contributed by atoms with Gasteiger partial charge in [0.15, 0.2) is 0 Å². The van der Waals surface area contributed by atoms with E-state index in [0.717, 1.165) is 10.8 Å². The molecule has 8 aromatic rings. The lowest BCUT2D eigenvalue weighted by molar-refractivity contribution is 0.121. The topological polar surface area (TPSA) is 133 Å². The van der Waals surface area contributed by atoms with Crippen molar-refractivity contribution in [2.45, 2.75) is 6.04 Å². The van der Waals surface area contributed by atoms with Gasteiger partial charge in [0.25, 0.3) is 0 Å². The van der Waals surface area contributed by atoms with Crippen LogP contribution in [0.25, 0.3) is 0 Å². The van der Waals surface area contributed by atoms with E-state index in [2.05, 4.69) is 0 Å². The summed E-state index contributed by atoms with van der Waals surface area (Å²) in [5.74, 6) is 0. The van der Waals surface area contributed by atoms with E-state index in [1.807, 2.05) is 218 Å². The van der Waals surface area contributed by atoms with Gasteiger partial charge in [0.2, 0.25) is 0 Å². The predicted molar refractivity (Wildman–Crippen MR) is 284 cm³/mol. The minimum Gasteiger partial charge on any atom is -0.561 e. The third-order valence-corrected chi connectivity index (χ3v) is 40.4. The molecular formula is C51H48O12Si8-2. The third-order valence-electron chi connectivity index (χ3n) is 12.2. The van der Waals surface area contributed by atoms with Gasteiger partial charge in [0.05, 0.1) is 12.5 Å². The van der Waals surface area contributed by atoms with Gasteiger partial charge in [-0.1, -0.05) is 243 Å². The number of fused-ring (bicyclic) bond motifs is 6. The van der Waals surface area contributed by atoms with Crippen molar-refractivity contribution >= 4 is 107 Å². The molecule has 4 fully saturated rings. The first kappa shape index (κ1) is 48.3. The Balaban J connectivity index is 1.29. The summed E-state index contributed by atoms with van der Waals surface area (Å²) in [4.78, 5) is 27.9. The molecular weight excluding hydrogens is 1030 g/mol. The number of hydrogen-bond acceptors (Lipinski definition) is 12. The van der Waals surface area contributed by atoms with Gasteiger partial charge in [-0.15, -0.1) is 10.4 Å². The highest BCUT2D eigenvalue weighted by Crippen LogP contribution is 2.36. The van der Waals surface area contributed by atoms with Gasteiger partial charge in [-0.2, -0.15) is 0 Å². The van der Waals surface area contributed by atoms with Crippen LogP contribution < -0.4 is 36.3 Å². The van der Waals surface area contributed by atoms with Crippen LogP contribution >= 0.6 is 0 Å². The lowest BCUT2D eigenvalue weighted by Crippen LogP contribution is -2.81. The average molecular weight is 1080 g/mol. The van der Waals surface area contributed by atoms with Crippen LogP contribution in [-0.2, 0) is 47.8 Å². The first-order valence-corrected chi connectivity index (χ1v) is 37.0. The Labute approximate surface area is 422 Å². The molecule has 4 heterocycles. The van der Waals surface area contributed by atoms with Crippen LogP contribution in [0.3, 0.4) is 0 Å². The Hall–Kier alpha value is -4.98. The van der Waals surface area contributed by atoms with Crippen molar-refractivity contribution in [2.24, 2.45) is 0 Å². The van der Waals surface area contributed by atoms with Crippen LogP contribution in [0.4, 0.5) is 0 Å². The summed E-state index contributed by atoms with van der Waals surface area (Å²) < 4.78 is 76.9. The van der Waals surface area contributed by atoms with Crippen molar-refractivity contribution in [3.8, 4) is 0 Å². The van der Waals surface area contributed by atoms with E-state index in [9.17, 15) is 9.59 Å². The molecule has 8 aromatic carbocycles. The second kappa shape index (κ2) is 20.5. The summed E-state index contributed by atoms with van der Waals surface area (Å²) in [5.41, 5.74) is 0.828. The number of rotatable bonds is 9. The maximum Gasteiger partial charge on any atom is 0.525 e. The molecule has 4 aliphatic rings. The second-order valence-corrected chi connectivity index (χ2v) is 38.2. The van der Waals surface area contributed by atoms with Crippen molar-refractivity contribution in [1.29, 1.82) is 0 Å². The van der Waals surface area contributed by atoms with Crippen LogP contribution in [-0.4, -0.2) is 93.0 Å². The molecule has 71 heavy (non-hydrogen) atoms. The summed E-state index contributed by atoms with van der Waals surface area (Å²) in [6.45, 7) is 0. The molecule has 4 saturated heterocycles. The maximum atomic E-state index is 14.1. The zero-order valence-corrected chi connectivity index (χ0v) is 46.2. The minimum absolute atomic E-state index is 0.110. The summed E-state index contributed by atoms with van der Waals surface area (Å²) in [7, 11) is -33.8. The van der Waals surface area contributed by atoms with Gasteiger partial charge in [-0.05, 0) is 20.0 Å². The Bertz CT molecular complexity index is 3000. The molecule has 6 atom stereocenters. The summed E-state index contributed by atoms with van der Waals surface area (Å²) in [6, 6.07) is 75.8. The van der Waals surface area contributed by atoms with E-state index < -0.39 is 70.9 Å². The maximum absolute atomic E-state index is 14.1. The fourth-order valence-corrected chi connectivity index (χ4v) is 43.0. The van der Waals surface area contributed by atoms with Gasteiger partial charge >= 0.3 is 52.3 Å². The molecule has 0 amide bonds. The van der Waals surface area contributed by atoms with E-state index in [-0.39, 0.29) is 18.5 Å². The van der Waals surface area contributed by atoms with Crippen LogP contribution in [0.2, 0.25) is 0 Å². The SMILES string of the molecule is O[Si]1(c2ccccc2)OC[Si]2(c3ccccc3)O[Si-](c3ccccc3)OC[Si](Cc3ccccc3)(O1)O[Si]1(c3ccccc3)O[Si-](c3ccccc3)O[Si](c3ccccc3)(O[Si](O)(c3ccccc3)O1)O2. The Morgan fingerprint density at radius 1 is 0.352 bits per heavy atom. The van der Waals surface area contributed by atoms with Gasteiger partial charge in [-0.3, -0.25) is 0 Å². The summed E-state index contributed by atoms with van der Waals surface area (Å²) in [5, 5.41) is 3.84. The second-order valence-electron chi connectivity index (χ2n) is 17.1. The first-order valence-electron chi connectivity index (χ1n) is 23.1. The van der Waals surface area contributed by atoms with E-state index in [4.69, 9.17) is 41.8 Å². The molecule has 20 heteroatoms. The smallest absolute Gasteiger partial charge is 0.525 e. The molecule has 358 valence electrons. The monoisotopic (exact) mass is 1080 g/mol. The highest BCUT2D eigenvalue weighted by atomic mass is 28.6. The van der Waals surface area contributed by atoms with Gasteiger partial charge < -0.3 is 51.4 Å². The molecule has 2 N–H and O–H groups in total. The predicted octanol–water partition coefficient (Wildman–Crippen LogP) is 3.00. The largest absolute Gasteiger partial charge is 0.561 e. The zero-order chi connectivity index (χ0) is 48.3. The quantitative estimate of drug-likeness (QED) is 0.206. The van der Waals surface area contributed by atoms with Crippen molar-refractivity contribution < 1.29 is 51.4 Å². The highest BCUT2D eigenvalue weighted by Gasteiger charge is 2.67. The van der Waals surface area contributed by atoms with Crippen LogP contribution in [0.15, 0.2) is 243 Å². The Morgan fingerprint density at radius 3 is 1.24 bits per heavy atom. The highest BCUT2D eigenvalue weighted by molar-refractivity contribution is 7.04. The van der Waals surface area contributed by atoms with Gasteiger partial charge in [0, 0.05) is 36.1 Å². The van der Waals surface area contributed by atoms with Crippen molar-refractivity contribution in [3.63, 3.8) is 0 Å². The molecule has 12 rings (SSSR count). The Morgan fingerprint density at radius 2 is 0.746 bits per heavy atom. The van der Waals surface area contributed by atoms with Crippen molar-refractivity contribution in [3.05, 3.63) is 248 Å². The Kier molecular flexibility index (Phi) is 13.9. The molecule has 12 nitrogen and oxygen atoms in total. The molecule has 0 spiro atoms.